The predicted molar refractivity (Wildman–Crippen MR) is 51.9 cm³/mol. The number of aryl methyl sites for hydroxylation is 1. The highest BCUT2D eigenvalue weighted by Crippen LogP contribution is 2.16. The Morgan fingerprint density at radius 1 is 1.40 bits per heavy atom. The van der Waals surface area contributed by atoms with E-state index in [1.54, 1.807) is 6.92 Å². The lowest BCUT2D eigenvalue weighted by Crippen LogP contribution is -2.11. The lowest BCUT2D eigenvalue weighted by molar-refractivity contribution is 0.102. The molecule has 0 spiro atoms. The fourth-order valence-electron chi connectivity index (χ4n) is 0.795. The van der Waals surface area contributed by atoms with Crippen LogP contribution in [0.1, 0.15) is 15.7 Å². The highest BCUT2D eigenvalue weighted by molar-refractivity contribution is 7.17. The number of carbonyl (C=O) groups excluding carboxylic acids is 1. The van der Waals surface area contributed by atoms with Gasteiger partial charge in [-0.1, -0.05) is 16.4 Å². The van der Waals surface area contributed by atoms with E-state index in [1.807, 2.05) is 0 Å². The Morgan fingerprint density at radius 2 is 2.20 bits per heavy atom. The normalized spacial score (nSPS) is 10.3. The quantitative estimate of drug-likeness (QED) is 0.853. The summed E-state index contributed by atoms with van der Waals surface area (Å²) in [6, 6.07) is 0.0174. The van der Waals surface area contributed by atoms with Crippen LogP contribution in [0.25, 0.3) is 0 Å². The van der Waals surface area contributed by atoms with Crippen molar-refractivity contribution in [3.8, 4) is 0 Å². The molecule has 15 heavy (non-hydrogen) atoms. The van der Waals surface area contributed by atoms with Crippen molar-refractivity contribution in [3.63, 3.8) is 0 Å². The van der Waals surface area contributed by atoms with Gasteiger partial charge in [0.05, 0.1) is 0 Å². The van der Waals surface area contributed by atoms with Crippen LogP contribution in [-0.2, 0) is 0 Å². The standard InChI is InChI=1S/C6H4ClN5O2S/c1-2-9-12-6(14-2)8-3(13)4-10-11-5(7)15-4/h1H3,(H,8,12,13). The number of hydrogen-bond acceptors (Lipinski definition) is 7. The minimum atomic E-state index is -0.483. The average Bonchev–Trinajstić information content (AvgIpc) is 2.75. The topological polar surface area (TPSA) is 93.8 Å². The molecule has 0 aromatic carbocycles. The summed E-state index contributed by atoms with van der Waals surface area (Å²) in [7, 11) is 0. The maximum atomic E-state index is 11.4. The first kappa shape index (κ1) is 9.99. The van der Waals surface area contributed by atoms with E-state index in [0.717, 1.165) is 11.3 Å². The van der Waals surface area contributed by atoms with Crippen LogP contribution >= 0.6 is 22.9 Å². The molecule has 2 heterocycles. The zero-order valence-electron chi connectivity index (χ0n) is 7.39. The van der Waals surface area contributed by atoms with Crippen LogP contribution in [0, 0.1) is 6.92 Å². The molecule has 0 saturated carbocycles. The molecule has 2 aromatic heterocycles. The van der Waals surface area contributed by atoms with Crippen molar-refractivity contribution in [2.24, 2.45) is 0 Å². The smallest absolute Gasteiger partial charge is 0.322 e. The number of rotatable bonds is 2. The summed E-state index contributed by atoms with van der Waals surface area (Å²) in [5.74, 6) is -0.122. The summed E-state index contributed by atoms with van der Waals surface area (Å²) in [5.41, 5.74) is 0. The van der Waals surface area contributed by atoms with Crippen molar-refractivity contribution in [2.45, 2.75) is 6.92 Å². The van der Waals surface area contributed by atoms with Crippen LogP contribution < -0.4 is 5.32 Å². The molecule has 9 heteroatoms. The summed E-state index contributed by atoms with van der Waals surface area (Å²) in [4.78, 5) is 11.4. The Morgan fingerprint density at radius 3 is 2.73 bits per heavy atom. The molecular weight excluding hydrogens is 242 g/mol. The van der Waals surface area contributed by atoms with Gasteiger partial charge in [0.1, 0.15) is 0 Å². The second-order valence-corrected chi connectivity index (χ2v) is 4.00. The average molecular weight is 246 g/mol. The third-order valence-corrected chi connectivity index (χ3v) is 2.36. The van der Waals surface area contributed by atoms with Crippen LogP contribution in [-0.4, -0.2) is 26.3 Å². The molecular formula is C6H4ClN5O2S. The maximum Gasteiger partial charge on any atom is 0.322 e. The first-order valence-corrected chi connectivity index (χ1v) is 4.95. The lowest BCUT2D eigenvalue weighted by atomic mass is 10.6. The molecule has 1 N–H and O–H groups in total. The van der Waals surface area contributed by atoms with E-state index in [-0.39, 0.29) is 15.5 Å². The van der Waals surface area contributed by atoms with Crippen LogP contribution in [0.5, 0.6) is 0 Å². The second kappa shape index (κ2) is 3.91. The Bertz CT molecular complexity index is 495. The second-order valence-electron chi connectivity index (χ2n) is 2.44. The third kappa shape index (κ3) is 2.28. The molecule has 0 saturated heterocycles. The van der Waals surface area contributed by atoms with E-state index in [1.165, 1.54) is 0 Å². The number of anilines is 1. The van der Waals surface area contributed by atoms with Crippen molar-refractivity contribution in [1.29, 1.82) is 0 Å². The molecule has 0 bridgehead atoms. The predicted octanol–water partition coefficient (Wildman–Crippen LogP) is 1.14. The number of carbonyl (C=O) groups is 1. The Labute approximate surface area is 92.5 Å². The number of hydrogen-bond donors (Lipinski definition) is 1. The number of halogens is 1. The van der Waals surface area contributed by atoms with E-state index < -0.39 is 5.91 Å². The van der Waals surface area contributed by atoms with Gasteiger partial charge in [-0.15, -0.1) is 15.3 Å². The van der Waals surface area contributed by atoms with Gasteiger partial charge in [-0.05, 0) is 11.6 Å². The van der Waals surface area contributed by atoms with Crippen molar-refractivity contribution in [1.82, 2.24) is 20.4 Å². The highest BCUT2D eigenvalue weighted by atomic mass is 35.5. The SMILES string of the molecule is Cc1nnc(NC(=O)c2nnc(Cl)s2)o1. The third-order valence-electron chi connectivity index (χ3n) is 1.34. The summed E-state index contributed by atoms with van der Waals surface area (Å²) in [6.45, 7) is 1.62. The van der Waals surface area contributed by atoms with Crippen molar-refractivity contribution < 1.29 is 9.21 Å². The van der Waals surface area contributed by atoms with E-state index in [2.05, 4.69) is 25.7 Å². The van der Waals surface area contributed by atoms with Gasteiger partial charge in [-0.2, -0.15) is 0 Å². The minimum absolute atomic E-state index is 0.0174. The van der Waals surface area contributed by atoms with Gasteiger partial charge in [-0.3, -0.25) is 10.1 Å². The fourth-order valence-corrected chi connectivity index (χ4v) is 1.52. The molecule has 0 aliphatic rings. The largest absolute Gasteiger partial charge is 0.408 e. The molecule has 1 amide bonds. The molecule has 7 nitrogen and oxygen atoms in total. The van der Waals surface area contributed by atoms with Gasteiger partial charge in [0.2, 0.25) is 15.4 Å². The molecule has 2 aromatic rings. The molecule has 0 atom stereocenters. The Balaban J connectivity index is 2.10. The van der Waals surface area contributed by atoms with Crippen molar-refractivity contribution >= 4 is 34.9 Å². The zero-order valence-corrected chi connectivity index (χ0v) is 8.96. The van der Waals surface area contributed by atoms with E-state index in [9.17, 15) is 4.79 Å². The van der Waals surface area contributed by atoms with E-state index in [0.29, 0.717) is 5.89 Å². The van der Waals surface area contributed by atoms with Gasteiger partial charge < -0.3 is 4.42 Å². The number of nitrogens with zero attached hydrogens (tertiary/aromatic N) is 4. The summed E-state index contributed by atoms with van der Waals surface area (Å²) < 4.78 is 5.15. The van der Waals surface area contributed by atoms with Crippen LogP contribution in [0.3, 0.4) is 0 Å². The van der Waals surface area contributed by atoms with Crippen LogP contribution in [0.15, 0.2) is 4.42 Å². The van der Waals surface area contributed by atoms with E-state index in [4.69, 9.17) is 16.0 Å². The molecule has 0 aliphatic carbocycles. The number of nitrogens with one attached hydrogen (secondary N) is 1. The Kier molecular flexibility index (Phi) is 2.60. The summed E-state index contributed by atoms with van der Waals surface area (Å²) >= 11 is 6.49. The number of amides is 1. The van der Waals surface area contributed by atoms with Crippen LogP contribution in [0.4, 0.5) is 6.01 Å². The fraction of sp³-hybridized carbons (Fsp3) is 0.167. The van der Waals surface area contributed by atoms with Gasteiger partial charge in [0, 0.05) is 6.92 Å². The van der Waals surface area contributed by atoms with Gasteiger partial charge in [-0.25, -0.2) is 0 Å². The first-order chi connectivity index (χ1) is 7.15. The van der Waals surface area contributed by atoms with Crippen molar-refractivity contribution in [2.75, 3.05) is 5.32 Å². The lowest BCUT2D eigenvalue weighted by Gasteiger charge is -1.93. The molecule has 2 rings (SSSR count). The van der Waals surface area contributed by atoms with E-state index >= 15 is 0 Å². The molecule has 78 valence electrons. The van der Waals surface area contributed by atoms with Crippen LogP contribution in [0.2, 0.25) is 4.47 Å². The molecule has 0 unspecified atom stereocenters. The first-order valence-electron chi connectivity index (χ1n) is 3.75. The van der Waals surface area contributed by atoms with Gasteiger partial charge in [0.15, 0.2) is 0 Å². The maximum absolute atomic E-state index is 11.4. The summed E-state index contributed by atoms with van der Waals surface area (Å²) in [6.07, 6.45) is 0. The Hall–Kier alpha value is -1.54. The summed E-state index contributed by atoms with van der Waals surface area (Å²) in [5, 5.41) is 16.7. The molecule has 0 radical (unpaired) electrons. The number of aromatic nitrogens is 4. The highest BCUT2D eigenvalue weighted by Gasteiger charge is 2.14. The minimum Gasteiger partial charge on any atom is -0.408 e. The molecule has 0 fully saturated rings. The molecule has 0 aliphatic heterocycles. The zero-order chi connectivity index (χ0) is 10.8. The van der Waals surface area contributed by atoms with Gasteiger partial charge in [0.25, 0.3) is 5.91 Å². The van der Waals surface area contributed by atoms with Gasteiger partial charge >= 0.3 is 6.01 Å². The van der Waals surface area contributed by atoms with Crippen molar-refractivity contribution in [3.05, 3.63) is 15.4 Å². The monoisotopic (exact) mass is 245 g/mol.